The Morgan fingerprint density at radius 3 is 2.41 bits per heavy atom. The third kappa shape index (κ3) is 5.61. The highest BCUT2D eigenvalue weighted by Crippen LogP contribution is 2.19. The summed E-state index contributed by atoms with van der Waals surface area (Å²) < 4.78 is 1.26. The number of rotatable bonds is 7. The SMILES string of the molecule is CCNc1cc(Nc2ccc(NC(=O)Cn3cnc(C)cc3=O)cc2)nc(C)n1. The Bertz CT molecular complexity index is 1060. The van der Waals surface area contributed by atoms with Crippen LogP contribution in [0.15, 0.2) is 47.5 Å². The maximum absolute atomic E-state index is 12.2. The first kappa shape index (κ1) is 20.0. The molecule has 3 N–H and O–H groups in total. The number of aromatic nitrogens is 4. The molecule has 0 aliphatic rings. The van der Waals surface area contributed by atoms with Gasteiger partial charge in [0.25, 0.3) is 5.56 Å². The molecule has 9 heteroatoms. The molecule has 0 atom stereocenters. The molecule has 1 amide bonds. The summed E-state index contributed by atoms with van der Waals surface area (Å²) in [7, 11) is 0. The number of amides is 1. The average molecular weight is 393 g/mol. The molecule has 0 radical (unpaired) electrons. The predicted molar refractivity (Wildman–Crippen MR) is 113 cm³/mol. The van der Waals surface area contributed by atoms with E-state index in [9.17, 15) is 9.59 Å². The van der Waals surface area contributed by atoms with Crippen molar-refractivity contribution < 1.29 is 4.79 Å². The van der Waals surface area contributed by atoms with E-state index >= 15 is 0 Å². The van der Waals surface area contributed by atoms with Crippen LogP contribution < -0.4 is 21.5 Å². The molecule has 0 unspecified atom stereocenters. The summed E-state index contributed by atoms with van der Waals surface area (Å²) in [6.45, 7) is 6.24. The van der Waals surface area contributed by atoms with Crippen molar-refractivity contribution in [3.05, 3.63) is 64.6 Å². The topological polar surface area (TPSA) is 114 Å². The molecule has 29 heavy (non-hydrogen) atoms. The van der Waals surface area contributed by atoms with E-state index in [2.05, 4.69) is 30.9 Å². The molecule has 9 nitrogen and oxygen atoms in total. The van der Waals surface area contributed by atoms with Crippen LogP contribution in [0.2, 0.25) is 0 Å². The van der Waals surface area contributed by atoms with Gasteiger partial charge in [-0.3, -0.25) is 14.2 Å². The van der Waals surface area contributed by atoms with Gasteiger partial charge in [0, 0.05) is 35.7 Å². The first-order valence-electron chi connectivity index (χ1n) is 9.22. The lowest BCUT2D eigenvalue weighted by atomic mass is 10.2. The normalized spacial score (nSPS) is 10.4. The van der Waals surface area contributed by atoms with Crippen molar-refractivity contribution >= 4 is 28.9 Å². The van der Waals surface area contributed by atoms with E-state index in [1.54, 1.807) is 19.1 Å². The highest BCUT2D eigenvalue weighted by Gasteiger charge is 2.07. The van der Waals surface area contributed by atoms with Crippen LogP contribution in [0, 0.1) is 13.8 Å². The third-order valence-corrected chi connectivity index (χ3v) is 3.97. The Morgan fingerprint density at radius 1 is 1.03 bits per heavy atom. The highest BCUT2D eigenvalue weighted by atomic mass is 16.2. The summed E-state index contributed by atoms with van der Waals surface area (Å²) in [5.41, 5.74) is 1.80. The predicted octanol–water partition coefficient (Wildman–Crippen LogP) is 2.46. The molecular weight excluding hydrogens is 370 g/mol. The quantitative estimate of drug-likeness (QED) is 0.565. The van der Waals surface area contributed by atoms with Gasteiger partial charge in [-0.1, -0.05) is 0 Å². The number of nitrogens with zero attached hydrogens (tertiary/aromatic N) is 4. The van der Waals surface area contributed by atoms with Crippen molar-refractivity contribution in [3.8, 4) is 0 Å². The molecular formula is C20H23N7O2. The number of aryl methyl sites for hydroxylation is 2. The molecule has 3 rings (SSSR count). The van der Waals surface area contributed by atoms with Crippen LogP contribution >= 0.6 is 0 Å². The molecule has 0 aliphatic heterocycles. The van der Waals surface area contributed by atoms with Crippen LogP contribution in [0.3, 0.4) is 0 Å². The van der Waals surface area contributed by atoms with Crippen molar-refractivity contribution in [2.75, 3.05) is 22.5 Å². The molecule has 0 fully saturated rings. The van der Waals surface area contributed by atoms with Crippen LogP contribution in [0.5, 0.6) is 0 Å². The zero-order chi connectivity index (χ0) is 20.8. The zero-order valence-corrected chi connectivity index (χ0v) is 16.6. The summed E-state index contributed by atoms with van der Waals surface area (Å²) in [6, 6.07) is 10.4. The first-order valence-corrected chi connectivity index (χ1v) is 9.22. The minimum absolute atomic E-state index is 0.0977. The number of carbonyl (C=O) groups excluding carboxylic acids is 1. The summed E-state index contributed by atoms with van der Waals surface area (Å²) in [5, 5.41) is 9.15. The average Bonchev–Trinajstić information content (AvgIpc) is 2.65. The fraction of sp³-hybridized carbons (Fsp3) is 0.250. The van der Waals surface area contributed by atoms with Crippen LogP contribution in [-0.4, -0.2) is 32.0 Å². The Balaban J connectivity index is 1.63. The van der Waals surface area contributed by atoms with Crippen molar-refractivity contribution in [3.63, 3.8) is 0 Å². The molecule has 3 aromatic rings. The fourth-order valence-corrected chi connectivity index (χ4v) is 2.68. The van der Waals surface area contributed by atoms with E-state index in [4.69, 9.17) is 0 Å². The Kier molecular flexibility index (Phi) is 6.18. The number of anilines is 4. The van der Waals surface area contributed by atoms with E-state index in [0.717, 1.165) is 18.1 Å². The summed E-state index contributed by atoms with van der Waals surface area (Å²) in [5.74, 6) is 1.79. The van der Waals surface area contributed by atoms with Crippen LogP contribution in [0.4, 0.5) is 23.0 Å². The van der Waals surface area contributed by atoms with Gasteiger partial charge in [0.2, 0.25) is 5.91 Å². The van der Waals surface area contributed by atoms with Gasteiger partial charge < -0.3 is 16.0 Å². The molecule has 0 saturated carbocycles. The molecule has 0 spiro atoms. The van der Waals surface area contributed by atoms with Gasteiger partial charge in [0.05, 0.1) is 6.33 Å². The second-order valence-electron chi connectivity index (χ2n) is 6.46. The molecule has 1 aromatic carbocycles. The lowest BCUT2D eigenvalue weighted by molar-refractivity contribution is -0.116. The number of carbonyl (C=O) groups is 1. The van der Waals surface area contributed by atoms with Gasteiger partial charge in [-0.15, -0.1) is 0 Å². The lowest BCUT2D eigenvalue weighted by Crippen LogP contribution is -2.27. The maximum Gasteiger partial charge on any atom is 0.253 e. The standard InChI is InChI=1S/C20H23N7O2/c1-4-21-17-10-18(24-14(3)23-17)25-15-5-7-16(8-6-15)26-19(28)11-27-12-22-13(2)9-20(27)29/h5-10,12H,4,11H2,1-3H3,(H,26,28)(H2,21,23,24,25). The van der Waals surface area contributed by atoms with Gasteiger partial charge >= 0.3 is 0 Å². The molecule has 0 bridgehead atoms. The van der Waals surface area contributed by atoms with E-state index in [0.29, 0.717) is 23.0 Å². The lowest BCUT2D eigenvalue weighted by Gasteiger charge is -2.11. The summed E-state index contributed by atoms with van der Waals surface area (Å²) in [4.78, 5) is 36.8. The number of benzene rings is 1. The second kappa shape index (κ2) is 8.96. The van der Waals surface area contributed by atoms with Crippen molar-refractivity contribution in [2.45, 2.75) is 27.3 Å². The minimum atomic E-state index is -0.305. The molecule has 150 valence electrons. The van der Waals surface area contributed by atoms with E-state index in [1.807, 2.05) is 32.0 Å². The third-order valence-electron chi connectivity index (χ3n) is 3.97. The van der Waals surface area contributed by atoms with Gasteiger partial charge in [0.15, 0.2) is 0 Å². The van der Waals surface area contributed by atoms with Crippen molar-refractivity contribution in [1.82, 2.24) is 19.5 Å². The van der Waals surface area contributed by atoms with E-state index < -0.39 is 0 Å². The molecule has 0 aliphatic carbocycles. The highest BCUT2D eigenvalue weighted by molar-refractivity contribution is 5.90. The largest absolute Gasteiger partial charge is 0.370 e. The van der Waals surface area contributed by atoms with Crippen molar-refractivity contribution in [1.29, 1.82) is 0 Å². The van der Waals surface area contributed by atoms with E-state index in [1.165, 1.54) is 17.0 Å². The fourth-order valence-electron chi connectivity index (χ4n) is 2.68. The Morgan fingerprint density at radius 2 is 1.72 bits per heavy atom. The molecule has 0 saturated heterocycles. The zero-order valence-electron chi connectivity index (χ0n) is 16.6. The summed E-state index contributed by atoms with van der Waals surface area (Å²) in [6.07, 6.45) is 1.37. The maximum atomic E-state index is 12.2. The van der Waals surface area contributed by atoms with Gasteiger partial charge in [-0.25, -0.2) is 15.0 Å². The van der Waals surface area contributed by atoms with Gasteiger partial charge in [0.1, 0.15) is 24.0 Å². The molecule has 2 aromatic heterocycles. The Labute approximate surface area is 168 Å². The molecule has 2 heterocycles. The second-order valence-corrected chi connectivity index (χ2v) is 6.46. The van der Waals surface area contributed by atoms with E-state index in [-0.39, 0.29) is 18.0 Å². The first-order chi connectivity index (χ1) is 13.9. The van der Waals surface area contributed by atoms with Crippen LogP contribution in [-0.2, 0) is 11.3 Å². The number of nitrogens with one attached hydrogen (secondary N) is 3. The van der Waals surface area contributed by atoms with Gasteiger partial charge in [-0.2, -0.15) is 0 Å². The monoisotopic (exact) mass is 393 g/mol. The number of hydrogen-bond donors (Lipinski definition) is 3. The van der Waals surface area contributed by atoms with Crippen LogP contribution in [0.25, 0.3) is 0 Å². The smallest absolute Gasteiger partial charge is 0.253 e. The summed E-state index contributed by atoms with van der Waals surface area (Å²) >= 11 is 0. The minimum Gasteiger partial charge on any atom is -0.370 e. The van der Waals surface area contributed by atoms with Crippen LogP contribution in [0.1, 0.15) is 18.4 Å². The number of hydrogen-bond acceptors (Lipinski definition) is 7. The Hall–Kier alpha value is -3.75. The van der Waals surface area contributed by atoms with Gasteiger partial charge in [-0.05, 0) is 45.0 Å². The van der Waals surface area contributed by atoms with Crippen molar-refractivity contribution in [2.24, 2.45) is 0 Å².